The largest absolute Gasteiger partial charge is 0.346 e. The minimum Gasteiger partial charge on any atom is -0.346 e. The molecule has 0 aromatic carbocycles. The number of nitriles is 1. The van der Waals surface area contributed by atoms with Gasteiger partial charge in [0.25, 0.3) is 0 Å². The molecule has 7 heteroatoms. The lowest BCUT2D eigenvalue weighted by Crippen LogP contribution is -2.58. The molecule has 1 aromatic rings. The predicted molar refractivity (Wildman–Crippen MR) is 92.4 cm³/mol. The van der Waals surface area contributed by atoms with Crippen LogP contribution in [0.1, 0.15) is 27.7 Å². The molecule has 1 saturated heterocycles. The van der Waals surface area contributed by atoms with Gasteiger partial charge in [-0.2, -0.15) is 5.26 Å². The van der Waals surface area contributed by atoms with Crippen molar-refractivity contribution in [2.24, 2.45) is 5.92 Å². The van der Waals surface area contributed by atoms with Crippen LogP contribution < -0.4 is 10.2 Å². The zero-order valence-corrected chi connectivity index (χ0v) is 15.1. The quantitative estimate of drug-likeness (QED) is 0.887. The highest BCUT2D eigenvalue weighted by Crippen LogP contribution is 2.20. The van der Waals surface area contributed by atoms with Gasteiger partial charge in [-0.1, -0.05) is 13.8 Å². The Bertz CT molecular complexity index is 560. The van der Waals surface area contributed by atoms with Crippen molar-refractivity contribution in [3.63, 3.8) is 0 Å². The molecule has 1 fully saturated rings. The van der Waals surface area contributed by atoms with E-state index in [9.17, 15) is 10.1 Å². The second-order valence-corrected chi connectivity index (χ2v) is 7.34. The number of thiazole rings is 1. The van der Waals surface area contributed by atoms with Gasteiger partial charge >= 0.3 is 0 Å². The molecule has 23 heavy (non-hydrogen) atoms. The molecule has 2 atom stereocenters. The van der Waals surface area contributed by atoms with E-state index >= 15 is 0 Å². The maximum atomic E-state index is 12.5. The maximum absolute atomic E-state index is 12.5. The number of nitrogens with zero attached hydrogens (tertiary/aromatic N) is 4. The molecule has 126 valence electrons. The summed E-state index contributed by atoms with van der Waals surface area (Å²) in [5.41, 5.74) is -0.825. The van der Waals surface area contributed by atoms with Crippen molar-refractivity contribution in [3.8, 4) is 6.07 Å². The second-order valence-electron chi connectivity index (χ2n) is 6.47. The third-order valence-electron chi connectivity index (χ3n) is 4.70. The third-order valence-corrected chi connectivity index (χ3v) is 5.53. The Labute approximate surface area is 142 Å². The Morgan fingerprint density at radius 1 is 1.39 bits per heavy atom. The van der Waals surface area contributed by atoms with Gasteiger partial charge in [0, 0.05) is 37.8 Å². The van der Waals surface area contributed by atoms with E-state index in [2.05, 4.69) is 26.2 Å². The fourth-order valence-corrected chi connectivity index (χ4v) is 3.20. The Balaban J connectivity index is 1.90. The van der Waals surface area contributed by atoms with Crippen molar-refractivity contribution < 1.29 is 4.79 Å². The summed E-state index contributed by atoms with van der Waals surface area (Å²) in [6.45, 7) is 10.9. The summed E-state index contributed by atoms with van der Waals surface area (Å²) in [7, 11) is 0. The molecule has 2 heterocycles. The van der Waals surface area contributed by atoms with Gasteiger partial charge in [0.1, 0.15) is 5.54 Å². The first-order valence-corrected chi connectivity index (χ1v) is 8.87. The van der Waals surface area contributed by atoms with Crippen molar-refractivity contribution in [1.29, 1.82) is 5.26 Å². The molecule has 0 spiro atoms. The van der Waals surface area contributed by atoms with E-state index in [0.717, 1.165) is 31.3 Å². The monoisotopic (exact) mass is 335 g/mol. The molecular formula is C16H25N5OS. The Morgan fingerprint density at radius 3 is 2.52 bits per heavy atom. The maximum Gasteiger partial charge on any atom is 0.238 e. The van der Waals surface area contributed by atoms with Crippen LogP contribution in [0.5, 0.6) is 0 Å². The molecular weight excluding hydrogens is 310 g/mol. The molecule has 2 rings (SSSR count). The summed E-state index contributed by atoms with van der Waals surface area (Å²) in [6.07, 6.45) is 1.82. The van der Waals surface area contributed by atoms with Gasteiger partial charge in [0.05, 0.1) is 12.1 Å². The van der Waals surface area contributed by atoms with E-state index in [4.69, 9.17) is 0 Å². The number of anilines is 1. The van der Waals surface area contributed by atoms with E-state index in [-0.39, 0.29) is 17.9 Å². The van der Waals surface area contributed by atoms with Crippen LogP contribution in [0.25, 0.3) is 0 Å². The lowest BCUT2D eigenvalue weighted by molar-refractivity contribution is -0.127. The zero-order valence-electron chi connectivity index (χ0n) is 14.2. The Hall–Kier alpha value is -1.65. The first-order valence-electron chi connectivity index (χ1n) is 7.99. The Kier molecular flexibility index (Phi) is 5.60. The van der Waals surface area contributed by atoms with Crippen LogP contribution in [0.15, 0.2) is 11.6 Å². The minimum atomic E-state index is -0.825. The van der Waals surface area contributed by atoms with Crippen molar-refractivity contribution in [2.75, 3.05) is 31.1 Å². The van der Waals surface area contributed by atoms with Crippen molar-refractivity contribution in [3.05, 3.63) is 11.6 Å². The van der Waals surface area contributed by atoms with Gasteiger partial charge in [-0.25, -0.2) is 4.98 Å². The number of piperazine rings is 1. The van der Waals surface area contributed by atoms with Gasteiger partial charge in [-0.15, -0.1) is 11.3 Å². The van der Waals surface area contributed by atoms with Crippen LogP contribution in [-0.4, -0.2) is 53.6 Å². The summed E-state index contributed by atoms with van der Waals surface area (Å²) in [5, 5.41) is 15.3. The summed E-state index contributed by atoms with van der Waals surface area (Å²) < 4.78 is 0. The number of amides is 1. The first-order chi connectivity index (χ1) is 10.9. The molecule has 0 aliphatic carbocycles. The van der Waals surface area contributed by atoms with Gasteiger partial charge < -0.3 is 10.2 Å². The second kappa shape index (κ2) is 7.28. The summed E-state index contributed by atoms with van der Waals surface area (Å²) in [5.74, 6) is -0.0177. The zero-order chi connectivity index (χ0) is 17.0. The van der Waals surface area contributed by atoms with Crippen LogP contribution in [0.4, 0.5) is 5.13 Å². The van der Waals surface area contributed by atoms with E-state index < -0.39 is 5.54 Å². The number of hydrogen-bond acceptors (Lipinski definition) is 6. The molecule has 1 aliphatic heterocycles. The van der Waals surface area contributed by atoms with Crippen LogP contribution in [-0.2, 0) is 4.79 Å². The van der Waals surface area contributed by atoms with Gasteiger partial charge in [0.15, 0.2) is 5.13 Å². The molecule has 1 amide bonds. The smallest absolute Gasteiger partial charge is 0.238 e. The number of nitrogens with one attached hydrogen (secondary N) is 1. The average Bonchev–Trinajstić information content (AvgIpc) is 3.08. The molecule has 0 unspecified atom stereocenters. The van der Waals surface area contributed by atoms with Crippen LogP contribution in [0.2, 0.25) is 0 Å². The molecule has 6 nitrogen and oxygen atoms in total. The standard InChI is InChI=1S/C16H25N5OS/c1-12(2)16(4,11-17)19-14(22)13(3)20-6-8-21(9-7-20)15-18-5-10-23-15/h5,10,12-13H,6-9H2,1-4H3,(H,19,22)/t13-,16+/m1/s1. The third kappa shape index (κ3) is 4.01. The number of carbonyl (C=O) groups excluding carboxylic acids is 1. The first kappa shape index (κ1) is 17.7. The van der Waals surface area contributed by atoms with Gasteiger partial charge in [0.2, 0.25) is 5.91 Å². The number of rotatable bonds is 5. The van der Waals surface area contributed by atoms with E-state index in [1.54, 1.807) is 18.3 Å². The van der Waals surface area contributed by atoms with Crippen molar-refractivity contribution in [1.82, 2.24) is 15.2 Å². The molecule has 1 N–H and O–H groups in total. The van der Waals surface area contributed by atoms with Crippen molar-refractivity contribution in [2.45, 2.75) is 39.3 Å². The summed E-state index contributed by atoms with van der Waals surface area (Å²) in [6, 6.07) is 1.99. The highest BCUT2D eigenvalue weighted by molar-refractivity contribution is 7.13. The highest BCUT2D eigenvalue weighted by atomic mass is 32.1. The lowest BCUT2D eigenvalue weighted by Gasteiger charge is -2.38. The Morgan fingerprint density at radius 2 is 2.04 bits per heavy atom. The van der Waals surface area contributed by atoms with Crippen LogP contribution in [0, 0.1) is 17.2 Å². The summed E-state index contributed by atoms with van der Waals surface area (Å²) in [4.78, 5) is 21.3. The number of aromatic nitrogens is 1. The lowest BCUT2D eigenvalue weighted by atomic mass is 9.89. The van der Waals surface area contributed by atoms with E-state index in [1.165, 1.54) is 0 Å². The SMILES string of the molecule is CC(C)[C@](C)(C#N)NC(=O)[C@@H](C)N1CCN(c2nccs2)CC1. The molecule has 1 aromatic heterocycles. The topological polar surface area (TPSA) is 72.3 Å². The normalized spacial score (nSPS) is 19.9. The number of hydrogen-bond donors (Lipinski definition) is 1. The molecule has 1 aliphatic rings. The molecule has 0 saturated carbocycles. The minimum absolute atomic E-state index is 0.0606. The van der Waals surface area contributed by atoms with Gasteiger partial charge in [-0.05, 0) is 19.8 Å². The number of carbonyl (C=O) groups is 1. The highest BCUT2D eigenvalue weighted by Gasteiger charge is 2.34. The fourth-order valence-electron chi connectivity index (χ4n) is 2.50. The fraction of sp³-hybridized carbons (Fsp3) is 0.688. The van der Waals surface area contributed by atoms with Crippen LogP contribution in [0.3, 0.4) is 0 Å². The van der Waals surface area contributed by atoms with E-state index in [0.29, 0.717) is 0 Å². The predicted octanol–water partition coefficient (Wildman–Crippen LogP) is 1.71. The van der Waals surface area contributed by atoms with Crippen molar-refractivity contribution >= 4 is 22.4 Å². The molecule has 0 radical (unpaired) electrons. The van der Waals surface area contributed by atoms with E-state index in [1.807, 2.05) is 32.3 Å². The van der Waals surface area contributed by atoms with Gasteiger partial charge in [-0.3, -0.25) is 9.69 Å². The summed E-state index contributed by atoms with van der Waals surface area (Å²) >= 11 is 1.64. The van der Waals surface area contributed by atoms with Crippen LogP contribution >= 0.6 is 11.3 Å². The average molecular weight is 335 g/mol. The molecule has 0 bridgehead atoms.